The molecule has 39 heavy (non-hydrogen) atoms. The van der Waals surface area contributed by atoms with E-state index in [-0.39, 0.29) is 23.4 Å². The van der Waals surface area contributed by atoms with Gasteiger partial charge in [0.2, 0.25) is 11.8 Å². The second-order valence-corrected chi connectivity index (χ2v) is 11.7. The molecule has 0 aromatic heterocycles. The molecule has 0 unspecified atom stereocenters. The minimum absolute atomic E-state index is 0.0454. The average molecular weight is 550 g/mol. The summed E-state index contributed by atoms with van der Waals surface area (Å²) in [6, 6.07) is 22.4. The number of benzene rings is 3. The molecule has 8 heteroatoms. The molecule has 1 N–H and O–H groups in total. The first-order chi connectivity index (χ1) is 18.6. The standard InChI is InChI=1S/C31H39N3O4S/c1-6-24(3)32-31(36)26(5)33(21-20-27-15-9-7-10-16-27)30(35)22-34(29-19-13-14-23(2)25(29)4)39(37,38)28-17-11-8-12-18-28/h7-19,24,26H,6,20-22H2,1-5H3,(H,32,36)/t24-,26-/m0/s1. The largest absolute Gasteiger partial charge is 0.352 e. The Bertz CT molecular complexity index is 1360. The molecule has 0 saturated carbocycles. The van der Waals surface area contributed by atoms with Crippen LogP contribution in [-0.4, -0.2) is 50.3 Å². The third-order valence-electron chi connectivity index (χ3n) is 7.11. The number of rotatable bonds is 12. The van der Waals surface area contributed by atoms with E-state index in [2.05, 4.69) is 5.32 Å². The lowest BCUT2D eigenvalue weighted by Crippen LogP contribution is -2.53. The number of hydrogen-bond donors (Lipinski definition) is 1. The zero-order valence-corrected chi connectivity index (χ0v) is 24.2. The normalized spacial score (nSPS) is 12.8. The van der Waals surface area contributed by atoms with E-state index in [0.717, 1.165) is 23.1 Å². The van der Waals surface area contributed by atoms with E-state index in [1.54, 1.807) is 37.3 Å². The van der Waals surface area contributed by atoms with Gasteiger partial charge in [-0.05, 0) is 75.4 Å². The van der Waals surface area contributed by atoms with Crippen molar-refractivity contribution in [3.8, 4) is 0 Å². The fraction of sp³-hybridized carbons (Fsp3) is 0.355. The van der Waals surface area contributed by atoms with Crippen LogP contribution in [0.1, 0.15) is 43.9 Å². The maximum absolute atomic E-state index is 14.0. The minimum atomic E-state index is -4.07. The lowest BCUT2D eigenvalue weighted by molar-refractivity contribution is -0.139. The molecule has 0 aliphatic carbocycles. The average Bonchev–Trinajstić information content (AvgIpc) is 2.94. The molecule has 0 aliphatic rings. The third-order valence-corrected chi connectivity index (χ3v) is 8.88. The van der Waals surface area contributed by atoms with Gasteiger partial charge in [0, 0.05) is 12.6 Å². The molecule has 0 fully saturated rings. The summed E-state index contributed by atoms with van der Waals surface area (Å²) in [4.78, 5) is 28.7. The van der Waals surface area contributed by atoms with E-state index in [0.29, 0.717) is 12.1 Å². The Balaban J connectivity index is 2.00. The Kier molecular flexibility index (Phi) is 10.3. The van der Waals surface area contributed by atoms with E-state index < -0.39 is 28.5 Å². The molecule has 0 aliphatic heterocycles. The summed E-state index contributed by atoms with van der Waals surface area (Å²) in [5, 5.41) is 2.96. The van der Waals surface area contributed by atoms with Crippen LogP contribution in [0.2, 0.25) is 0 Å². The highest BCUT2D eigenvalue weighted by Gasteiger charge is 2.33. The SMILES string of the molecule is CC[C@H](C)NC(=O)[C@H](C)N(CCc1ccccc1)C(=O)CN(c1cccc(C)c1C)S(=O)(=O)c1ccccc1. The van der Waals surface area contributed by atoms with Crippen LogP contribution in [0, 0.1) is 13.8 Å². The van der Waals surface area contributed by atoms with Gasteiger partial charge >= 0.3 is 0 Å². The summed E-state index contributed by atoms with van der Waals surface area (Å²) in [6.45, 7) is 9.16. The van der Waals surface area contributed by atoms with Crippen molar-refractivity contribution in [1.82, 2.24) is 10.2 Å². The Labute approximate surface area is 232 Å². The molecular formula is C31H39N3O4S. The maximum atomic E-state index is 14.0. The summed E-state index contributed by atoms with van der Waals surface area (Å²) in [7, 11) is -4.07. The summed E-state index contributed by atoms with van der Waals surface area (Å²) < 4.78 is 29.0. The van der Waals surface area contributed by atoms with Crippen LogP contribution in [0.5, 0.6) is 0 Å². The van der Waals surface area contributed by atoms with E-state index in [4.69, 9.17) is 0 Å². The van der Waals surface area contributed by atoms with Crippen LogP contribution in [0.4, 0.5) is 5.69 Å². The highest BCUT2D eigenvalue weighted by Crippen LogP contribution is 2.29. The molecule has 3 aromatic carbocycles. The first-order valence-corrected chi connectivity index (χ1v) is 14.8. The second-order valence-electron chi connectivity index (χ2n) is 9.86. The number of nitrogens with one attached hydrogen (secondary N) is 1. The van der Waals surface area contributed by atoms with E-state index in [1.165, 1.54) is 21.3 Å². The highest BCUT2D eigenvalue weighted by atomic mass is 32.2. The van der Waals surface area contributed by atoms with E-state index in [9.17, 15) is 18.0 Å². The second kappa shape index (κ2) is 13.4. The Hall–Kier alpha value is -3.65. The van der Waals surface area contributed by atoms with Crippen LogP contribution in [0.25, 0.3) is 0 Å². The molecular weight excluding hydrogens is 510 g/mol. The number of sulfonamides is 1. The lowest BCUT2D eigenvalue weighted by atomic mass is 10.1. The van der Waals surface area contributed by atoms with Crippen molar-refractivity contribution in [2.75, 3.05) is 17.4 Å². The van der Waals surface area contributed by atoms with Gasteiger partial charge in [0.15, 0.2) is 0 Å². The predicted molar refractivity (Wildman–Crippen MR) is 156 cm³/mol. The van der Waals surface area contributed by atoms with Crippen molar-refractivity contribution < 1.29 is 18.0 Å². The molecule has 0 radical (unpaired) electrons. The number of amides is 2. The first kappa shape index (κ1) is 29.9. The number of aryl methyl sites for hydroxylation is 1. The molecule has 2 amide bonds. The topological polar surface area (TPSA) is 86.8 Å². The number of carbonyl (C=O) groups is 2. The number of carbonyl (C=O) groups excluding carboxylic acids is 2. The van der Waals surface area contributed by atoms with Crippen LogP contribution >= 0.6 is 0 Å². The molecule has 2 atom stereocenters. The highest BCUT2D eigenvalue weighted by molar-refractivity contribution is 7.92. The van der Waals surface area contributed by atoms with Crippen LogP contribution < -0.4 is 9.62 Å². The summed E-state index contributed by atoms with van der Waals surface area (Å²) >= 11 is 0. The molecule has 0 bridgehead atoms. The molecule has 0 spiro atoms. The molecule has 0 heterocycles. The van der Waals surface area contributed by atoms with Crippen molar-refractivity contribution >= 4 is 27.5 Å². The Morgan fingerprint density at radius 2 is 1.49 bits per heavy atom. The Morgan fingerprint density at radius 3 is 2.10 bits per heavy atom. The van der Waals surface area contributed by atoms with Gasteiger partial charge < -0.3 is 10.2 Å². The van der Waals surface area contributed by atoms with Crippen molar-refractivity contribution in [3.05, 3.63) is 95.6 Å². The van der Waals surface area contributed by atoms with E-state index >= 15 is 0 Å². The fourth-order valence-electron chi connectivity index (χ4n) is 4.27. The zero-order valence-electron chi connectivity index (χ0n) is 23.4. The first-order valence-electron chi connectivity index (χ1n) is 13.3. The van der Waals surface area contributed by atoms with Crippen molar-refractivity contribution in [1.29, 1.82) is 0 Å². The van der Waals surface area contributed by atoms with Gasteiger partial charge in [-0.3, -0.25) is 13.9 Å². The summed E-state index contributed by atoms with van der Waals surface area (Å²) in [5.74, 6) is -0.715. The van der Waals surface area contributed by atoms with Gasteiger partial charge in [-0.25, -0.2) is 8.42 Å². The lowest BCUT2D eigenvalue weighted by Gasteiger charge is -2.33. The monoisotopic (exact) mass is 549 g/mol. The van der Waals surface area contributed by atoms with Crippen LogP contribution in [0.3, 0.4) is 0 Å². The number of nitrogens with zero attached hydrogens (tertiary/aromatic N) is 2. The van der Waals surface area contributed by atoms with E-state index in [1.807, 2.05) is 64.1 Å². The third kappa shape index (κ3) is 7.47. The molecule has 3 aromatic rings. The van der Waals surface area contributed by atoms with Crippen LogP contribution in [0.15, 0.2) is 83.8 Å². The smallest absolute Gasteiger partial charge is 0.264 e. The van der Waals surface area contributed by atoms with Gasteiger partial charge in [-0.15, -0.1) is 0 Å². The zero-order chi connectivity index (χ0) is 28.6. The maximum Gasteiger partial charge on any atom is 0.264 e. The van der Waals surface area contributed by atoms with Gasteiger partial charge in [0.25, 0.3) is 10.0 Å². The molecule has 208 valence electrons. The van der Waals surface area contributed by atoms with Crippen LogP contribution in [-0.2, 0) is 26.0 Å². The fourth-order valence-corrected chi connectivity index (χ4v) is 5.77. The Morgan fingerprint density at radius 1 is 0.872 bits per heavy atom. The minimum Gasteiger partial charge on any atom is -0.352 e. The van der Waals surface area contributed by atoms with Gasteiger partial charge in [0.1, 0.15) is 12.6 Å². The number of hydrogen-bond acceptors (Lipinski definition) is 4. The van der Waals surface area contributed by atoms with Crippen molar-refractivity contribution in [2.45, 2.75) is 64.4 Å². The summed E-state index contributed by atoms with van der Waals surface area (Å²) in [6.07, 6.45) is 1.29. The molecule has 3 rings (SSSR count). The summed E-state index contributed by atoms with van der Waals surface area (Å²) in [5.41, 5.74) is 3.14. The number of anilines is 1. The van der Waals surface area contributed by atoms with Crippen molar-refractivity contribution in [2.24, 2.45) is 0 Å². The quantitative estimate of drug-likeness (QED) is 0.349. The molecule has 7 nitrogen and oxygen atoms in total. The molecule has 0 saturated heterocycles. The van der Waals surface area contributed by atoms with Gasteiger partial charge in [0.05, 0.1) is 10.6 Å². The van der Waals surface area contributed by atoms with Gasteiger partial charge in [-0.2, -0.15) is 0 Å². The van der Waals surface area contributed by atoms with Gasteiger partial charge in [-0.1, -0.05) is 67.6 Å². The van der Waals surface area contributed by atoms with Crippen molar-refractivity contribution in [3.63, 3.8) is 0 Å². The predicted octanol–water partition coefficient (Wildman–Crippen LogP) is 4.87.